The minimum absolute atomic E-state index is 0.179. The molecule has 1 saturated carbocycles. The lowest BCUT2D eigenvalue weighted by Crippen LogP contribution is -2.44. The lowest BCUT2D eigenvalue weighted by molar-refractivity contribution is -0.118. The van der Waals surface area contributed by atoms with E-state index in [0.717, 1.165) is 30.6 Å². The Kier molecular flexibility index (Phi) is 5.24. The molecule has 0 aliphatic heterocycles. The predicted octanol–water partition coefficient (Wildman–Crippen LogP) is 3.47. The van der Waals surface area contributed by atoms with Gasteiger partial charge in [0.25, 0.3) is 0 Å². The summed E-state index contributed by atoms with van der Waals surface area (Å²) in [5.41, 5.74) is -0.734. The van der Waals surface area contributed by atoms with Crippen molar-refractivity contribution in [2.24, 2.45) is 5.92 Å². The minimum atomic E-state index is -0.734. The van der Waals surface area contributed by atoms with Crippen LogP contribution in [0.5, 0.6) is 0 Å². The van der Waals surface area contributed by atoms with Crippen molar-refractivity contribution in [2.75, 3.05) is 6.54 Å². The molecular weight excluding hydrogens is 294 g/mol. The van der Waals surface area contributed by atoms with Gasteiger partial charge in [0.2, 0.25) is 5.91 Å². The SMILES string of the molecule is CC1CCC(O)(CNC(=O)C=Cc2ccc(Cl)s2)CC1. The van der Waals surface area contributed by atoms with Gasteiger partial charge in [0, 0.05) is 17.5 Å². The zero-order chi connectivity index (χ0) is 14.6. The lowest BCUT2D eigenvalue weighted by Gasteiger charge is -2.34. The van der Waals surface area contributed by atoms with E-state index >= 15 is 0 Å². The molecule has 1 aromatic heterocycles. The minimum Gasteiger partial charge on any atom is -0.388 e. The van der Waals surface area contributed by atoms with Crippen molar-refractivity contribution < 1.29 is 9.90 Å². The summed E-state index contributed by atoms with van der Waals surface area (Å²) in [6.07, 6.45) is 6.79. The molecule has 20 heavy (non-hydrogen) atoms. The van der Waals surface area contributed by atoms with Crippen LogP contribution in [0.2, 0.25) is 4.34 Å². The van der Waals surface area contributed by atoms with Gasteiger partial charge in [-0.3, -0.25) is 4.79 Å². The quantitative estimate of drug-likeness (QED) is 0.836. The summed E-state index contributed by atoms with van der Waals surface area (Å²) in [7, 11) is 0. The van der Waals surface area contributed by atoms with Crippen LogP contribution in [0.4, 0.5) is 0 Å². The molecule has 0 aromatic carbocycles. The van der Waals surface area contributed by atoms with Gasteiger partial charge >= 0.3 is 0 Å². The molecule has 1 fully saturated rings. The van der Waals surface area contributed by atoms with Gasteiger partial charge in [-0.05, 0) is 49.8 Å². The third-order valence-electron chi connectivity index (χ3n) is 3.79. The average Bonchev–Trinajstić information content (AvgIpc) is 2.84. The summed E-state index contributed by atoms with van der Waals surface area (Å²) < 4.78 is 0.704. The summed E-state index contributed by atoms with van der Waals surface area (Å²) >= 11 is 7.24. The molecular formula is C15H20ClNO2S. The zero-order valence-electron chi connectivity index (χ0n) is 11.6. The predicted molar refractivity (Wildman–Crippen MR) is 84.0 cm³/mol. The van der Waals surface area contributed by atoms with Crippen molar-refractivity contribution in [1.82, 2.24) is 5.32 Å². The van der Waals surface area contributed by atoms with E-state index in [-0.39, 0.29) is 5.91 Å². The second-order valence-electron chi connectivity index (χ2n) is 5.60. The van der Waals surface area contributed by atoms with Gasteiger partial charge in [0.05, 0.1) is 9.94 Å². The van der Waals surface area contributed by atoms with Crippen molar-refractivity contribution in [3.05, 3.63) is 27.4 Å². The Morgan fingerprint density at radius 1 is 1.55 bits per heavy atom. The molecule has 3 nitrogen and oxygen atoms in total. The second-order valence-corrected chi connectivity index (χ2v) is 7.35. The molecule has 1 aliphatic carbocycles. The maximum Gasteiger partial charge on any atom is 0.244 e. The van der Waals surface area contributed by atoms with Crippen LogP contribution in [0.15, 0.2) is 18.2 Å². The van der Waals surface area contributed by atoms with E-state index in [1.54, 1.807) is 12.1 Å². The van der Waals surface area contributed by atoms with E-state index in [0.29, 0.717) is 16.8 Å². The molecule has 5 heteroatoms. The molecule has 110 valence electrons. The van der Waals surface area contributed by atoms with Crippen molar-refractivity contribution in [3.8, 4) is 0 Å². The fraction of sp³-hybridized carbons (Fsp3) is 0.533. The van der Waals surface area contributed by atoms with Crippen LogP contribution in [-0.2, 0) is 4.79 Å². The van der Waals surface area contributed by atoms with Gasteiger partial charge in [0.15, 0.2) is 0 Å². The summed E-state index contributed by atoms with van der Waals surface area (Å²) in [5.74, 6) is 0.496. The van der Waals surface area contributed by atoms with Crippen molar-refractivity contribution in [1.29, 1.82) is 0 Å². The Hall–Kier alpha value is -0.840. The second kappa shape index (κ2) is 6.74. The van der Waals surface area contributed by atoms with E-state index in [4.69, 9.17) is 11.6 Å². The maximum absolute atomic E-state index is 11.7. The highest BCUT2D eigenvalue weighted by Crippen LogP contribution is 2.31. The van der Waals surface area contributed by atoms with Gasteiger partial charge in [-0.15, -0.1) is 11.3 Å². The molecule has 0 bridgehead atoms. The van der Waals surface area contributed by atoms with Crippen LogP contribution >= 0.6 is 22.9 Å². The van der Waals surface area contributed by atoms with Gasteiger partial charge in [0.1, 0.15) is 0 Å². The molecule has 0 saturated heterocycles. The first kappa shape index (κ1) is 15.5. The van der Waals surface area contributed by atoms with Crippen LogP contribution in [0, 0.1) is 5.92 Å². The number of nitrogens with one attached hydrogen (secondary N) is 1. The monoisotopic (exact) mass is 313 g/mol. The standard InChI is InChI=1S/C15H20ClNO2S/c1-11-6-8-15(19,9-7-11)10-17-14(18)5-3-12-2-4-13(16)20-12/h2-5,11,19H,6-10H2,1H3,(H,17,18). The van der Waals surface area contributed by atoms with Crippen LogP contribution in [0.3, 0.4) is 0 Å². The number of carbonyl (C=O) groups excluding carboxylic acids is 1. The maximum atomic E-state index is 11.7. The molecule has 0 atom stereocenters. The Morgan fingerprint density at radius 2 is 2.25 bits per heavy atom. The number of hydrogen-bond donors (Lipinski definition) is 2. The van der Waals surface area contributed by atoms with E-state index in [1.165, 1.54) is 17.4 Å². The zero-order valence-corrected chi connectivity index (χ0v) is 13.1. The smallest absolute Gasteiger partial charge is 0.244 e. The van der Waals surface area contributed by atoms with E-state index in [1.807, 2.05) is 6.07 Å². The van der Waals surface area contributed by atoms with Crippen molar-refractivity contribution in [3.63, 3.8) is 0 Å². The van der Waals surface area contributed by atoms with Crippen LogP contribution in [0.25, 0.3) is 6.08 Å². The summed E-state index contributed by atoms with van der Waals surface area (Å²) in [4.78, 5) is 12.7. The van der Waals surface area contributed by atoms with E-state index < -0.39 is 5.60 Å². The number of aliphatic hydroxyl groups is 1. The fourth-order valence-corrected chi connectivity index (χ4v) is 3.33. The first-order valence-electron chi connectivity index (χ1n) is 6.90. The highest BCUT2D eigenvalue weighted by Gasteiger charge is 2.31. The summed E-state index contributed by atoms with van der Waals surface area (Å²) in [5, 5.41) is 13.2. The molecule has 2 rings (SSSR count). The number of thiophene rings is 1. The Balaban J connectivity index is 1.79. The normalized spacial score (nSPS) is 26.9. The summed E-state index contributed by atoms with van der Waals surface area (Å²) in [6.45, 7) is 2.53. The molecule has 0 spiro atoms. The third kappa shape index (κ3) is 4.62. The molecule has 1 aromatic rings. The van der Waals surface area contributed by atoms with Gasteiger partial charge in [-0.25, -0.2) is 0 Å². The largest absolute Gasteiger partial charge is 0.388 e. The average molecular weight is 314 g/mol. The topological polar surface area (TPSA) is 49.3 Å². The number of halogens is 1. The first-order valence-corrected chi connectivity index (χ1v) is 8.10. The van der Waals surface area contributed by atoms with Gasteiger partial charge in [-0.2, -0.15) is 0 Å². The van der Waals surface area contributed by atoms with Gasteiger partial charge in [-0.1, -0.05) is 18.5 Å². The Morgan fingerprint density at radius 3 is 2.85 bits per heavy atom. The molecule has 1 aliphatic rings. The van der Waals surface area contributed by atoms with Crippen molar-refractivity contribution in [2.45, 2.75) is 38.2 Å². The third-order valence-corrected chi connectivity index (χ3v) is 4.99. The fourth-order valence-electron chi connectivity index (χ4n) is 2.36. The molecule has 0 unspecified atom stereocenters. The molecule has 1 heterocycles. The molecule has 2 N–H and O–H groups in total. The highest BCUT2D eigenvalue weighted by atomic mass is 35.5. The number of hydrogen-bond acceptors (Lipinski definition) is 3. The Bertz CT molecular complexity index is 490. The molecule has 1 amide bonds. The van der Waals surface area contributed by atoms with Crippen LogP contribution < -0.4 is 5.32 Å². The van der Waals surface area contributed by atoms with Crippen LogP contribution in [0.1, 0.15) is 37.5 Å². The lowest BCUT2D eigenvalue weighted by atomic mass is 9.79. The van der Waals surface area contributed by atoms with E-state index in [9.17, 15) is 9.90 Å². The molecule has 0 radical (unpaired) electrons. The number of carbonyl (C=O) groups is 1. The highest BCUT2D eigenvalue weighted by molar-refractivity contribution is 7.17. The summed E-state index contributed by atoms with van der Waals surface area (Å²) in [6, 6.07) is 3.67. The Labute approximate surface area is 128 Å². The van der Waals surface area contributed by atoms with Gasteiger partial charge < -0.3 is 10.4 Å². The number of rotatable bonds is 4. The van der Waals surface area contributed by atoms with Crippen molar-refractivity contribution >= 4 is 34.9 Å². The number of amides is 1. The van der Waals surface area contributed by atoms with E-state index in [2.05, 4.69) is 12.2 Å². The first-order chi connectivity index (χ1) is 9.47. The van der Waals surface area contributed by atoms with Crippen LogP contribution in [-0.4, -0.2) is 23.2 Å².